The molecule has 1 N–H and O–H groups in total. The van der Waals surface area contributed by atoms with E-state index in [4.69, 9.17) is 9.84 Å². The quantitative estimate of drug-likeness (QED) is 0.924. The summed E-state index contributed by atoms with van der Waals surface area (Å²) in [5.74, 6) is 0. The van der Waals surface area contributed by atoms with E-state index in [0.29, 0.717) is 0 Å². The lowest BCUT2D eigenvalue weighted by Gasteiger charge is -2.35. The number of rotatable bonds is 2. The van der Waals surface area contributed by atoms with Crippen molar-refractivity contribution < 1.29 is 9.64 Å². The summed E-state index contributed by atoms with van der Waals surface area (Å²) < 4.78 is 8.40. The van der Waals surface area contributed by atoms with Gasteiger partial charge in [0.15, 0.2) is 0 Å². The van der Waals surface area contributed by atoms with Crippen molar-refractivity contribution in [3.05, 3.63) is 30.0 Å². The van der Waals surface area contributed by atoms with Crippen molar-refractivity contribution in [2.24, 2.45) is 0 Å². The number of hydrogen-bond acceptors (Lipinski definition) is 2. The fourth-order valence-corrected chi connectivity index (χ4v) is 3.47. The normalized spacial score (nSPS) is 23.0. The number of aromatic nitrogens is 2. The molecule has 0 spiro atoms. The van der Waals surface area contributed by atoms with Gasteiger partial charge in [-0.3, -0.25) is 4.68 Å². The van der Waals surface area contributed by atoms with Crippen LogP contribution in [0.15, 0.2) is 24.3 Å². The Morgan fingerprint density at radius 3 is 2.68 bits per heavy atom. The Labute approximate surface area is 133 Å². The fraction of sp³-hybridized carbons (Fsp3) is 0.611. The molecule has 0 amide bonds. The average Bonchev–Trinajstić information content (AvgIpc) is 2.73. The van der Waals surface area contributed by atoms with E-state index in [1.54, 1.807) is 0 Å². The number of ether oxygens (including phenoxy) is 1. The first-order valence-electron chi connectivity index (χ1n) is 8.75. The summed E-state index contributed by atoms with van der Waals surface area (Å²) in [6.07, 6.45) is 5.22. The van der Waals surface area contributed by atoms with Gasteiger partial charge in [0.25, 0.3) is 0 Å². The highest BCUT2D eigenvalue weighted by Crippen LogP contribution is 2.27. The van der Waals surface area contributed by atoms with Crippen LogP contribution < -0.4 is 4.90 Å². The zero-order valence-electron chi connectivity index (χ0n) is 14.0. The van der Waals surface area contributed by atoms with Crippen LogP contribution in [0, 0.1) is 0 Å². The molecule has 2 unspecified atom stereocenters. The first-order valence-corrected chi connectivity index (χ1v) is 8.75. The number of fused-ring (bicyclic) bond motifs is 3. The van der Waals surface area contributed by atoms with Gasteiger partial charge in [-0.15, -0.1) is 0 Å². The summed E-state index contributed by atoms with van der Waals surface area (Å²) in [5, 5.41) is 6.03. The van der Waals surface area contributed by atoms with Crippen LogP contribution >= 0.6 is 0 Å². The molecule has 1 saturated carbocycles. The number of nitrogens with one attached hydrogen (secondary N) is 1. The lowest BCUT2D eigenvalue weighted by atomic mass is 9.91. The Hall–Kier alpha value is -1.39. The Morgan fingerprint density at radius 2 is 1.95 bits per heavy atom. The molecule has 2 aliphatic rings. The van der Waals surface area contributed by atoms with Gasteiger partial charge in [0.2, 0.25) is 6.23 Å². The van der Waals surface area contributed by atoms with Gasteiger partial charge in [0.05, 0.1) is 25.2 Å². The second-order valence-electron chi connectivity index (χ2n) is 6.10. The monoisotopic (exact) mass is 302 g/mol. The number of hydrogen-bond donors (Lipinski definition) is 1. The van der Waals surface area contributed by atoms with Crippen LogP contribution in [0.1, 0.15) is 51.5 Å². The van der Waals surface area contributed by atoms with Gasteiger partial charge in [0, 0.05) is 11.9 Å². The predicted octanol–water partition coefficient (Wildman–Crippen LogP) is 2.55. The standard InChI is InChI=1S/C16H21N3O.C2H6/c1-18(12-6-4-7-12)16-15-13-8-2-3-9-14(13)17-19(15)10-5-11-20-16;1-2/h2-3,8-9,12,16H,4-7,10-11H2,1H3;1-2H3/p+1. The summed E-state index contributed by atoms with van der Waals surface area (Å²) >= 11 is 0. The molecule has 0 saturated heterocycles. The highest BCUT2D eigenvalue weighted by atomic mass is 16.5. The molecule has 1 aliphatic carbocycles. The van der Waals surface area contributed by atoms with E-state index in [2.05, 4.69) is 36.0 Å². The number of quaternary nitrogens is 1. The molecule has 4 heteroatoms. The van der Waals surface area contributed by atoms with Gasteiger partial charge in [-0.1, -0.05) is 32.0 Å². The van der Waals surface area contributed by atoms with Gasteiger partial charge < -0.3 is 9.64 Å². The van der Waals surface area contributed by atoms with Crippen LogP contribution in [-0.2, 0) is 11.3 Å². The molecule has 4 rings (SSSR count). The first kappa shape index (κ1) is 15.5. The van der Waals surface area contributed by atoms with Gasteiger partial charge in [0.1, 0.15) is 5.69 Å². The molecule has 2 heterocycles. The van der Waals surface area contributed by atoms with E-state index in [0.717, 1.165) is 31.1 Å². The second kappa shape index (κ2) is 6.80. The summed E-state index contributed by atoms with van der Waals surface area (Å²) in [4.78, 5) is 1.50. The Morgan fingerprint density at radius 1 is 1.18 bits per heavy atom. The van der Waals surface area contributed by atoms with Gasteiger partial charge in [-0.25, -0.2) is 0 Å². The van der Waals surface area contributed by atoms with Crippen LogP contribution in [-0.4, -0.2) is 29.5 Å². The van der Waals surface area contributed by atoms with E-state index in [1.165, 1.54) is 35.2 Å². The third-order valence-corrected chi connectivity index (χ3v) is 4.90. The molecule has 22 heavy (non-hydrogen) atoms. The van der Waals surface area contributed by atoms with Crippen LogP contribution in [0.5, 0.6) is 0 Å². The lowest BCUT2D eigenvalue weighted by molar-refractivity contribution is -0.966. The van der Waals surface area contributed by atoms with Crippen LogP contribution in [0.2, 0.25) is 0 Å². The predicted molar refractivity (Wildman–Crippen MR) is 88.9 cm³/mol. The molecule has 2 aromatic rings. The first-order chi connectivity index (χ1) is 10.8. The van der Waals surface area contributed by atoms with E-state index < -0.39 is 0 Å². The highest BCUT2D eigenvalue weighted by Gasteiger charge is 2.37. The van der Waals surface area contributed by atoms with Gasteiger partial charge in [-0.05, 0) is 31.7 Å². The molecule has 120 valence electrons. The van der Waals surface area contributed by atoms with Crippen molar-refractivity contribution in [2.75, 3.05) is 13.7 Å². The largest absolute Gasteiger partial charge is 0.324 e. The smallest absolute Gasteiger partial charge is 0.236 e. The zero-order chi connectivity index (χ0) is 15.5. The van der Waals surface area contributed by atoms with Crippen molar-refractivity contribution in [1.29, 1.82) is 0 Å². The minimum absolute atomic E-state index is 0.134. The minimum Gasteiger partial charge on any atom is -0.324 e. The van der Waals surface area contributed by atoms with Crippen LogP contribution in [0.3, 0.4) is 0 Å². The van der Waals surface area contributed by atoms with E-state index in [-0.39, 0.29) is 6.23 Å². The molecule has 1 aromatic carbocycles. The topological polar surface area (TPSA) is 31.5 Å². The lowest BCUT2D eigenvalue weighted by Crippen LogP contribution is -3.14. The Balaban J connectivity index is 0.000000693. The van der Waals surface area contributed by atoms with Crippen LogP contribution in [0.4, 0.5) is 0 Å². The molecular formula is C18H28N3O+. The summed E-state index contributed by atoms with van der Waals surface area (Å²) in [6.45, 7) is 5.81. The third kappa shape index (κ3) is 2.66. The molecular weight excluding hydrogens is 274 g/mol. The average molecular weight is 302 g/mol. The number of aryl methyl sites for hydroxylation is 1. The third-order valence-electron chi connectivity index (χ3n) is 4.90. The van der Waals surface area contributed by atoms with Crippen molar-refractivity contribution in [3.63, 3.8) is 0 Å². The van der Waals surface area contributed by atoms with Crippen molar-refractivity contribution in [1.82, 2.24) is 9.78 Å². The number of benzene rings is 1. The molecule has 0 radical (unpaired) electrons. The maximum absolute atomic E-state index is 6.22. The zero-order valence-corrected chi connectivity index (χ0v) is 14.0. The number of nitrogens with zero attached hydrogens (tertiary/aromatic N) is 2. The van der Waals surface area contributed by atoms with E-state index in [1.807, 2.05) is 13.8 Å². The van der Waals surface area contributed by atoms with Crippen molar-refractivity contribution in [2.45, 2.75) is 58.3 Å². The minimum atomic E-state index is 0.134. The maximum atomic E-state index is 6.22. The summed E-state index contributed by atoms with van der Waals surface area (Å²) in [5.41, 5.74) is 2.38. The summed E-state index contributed by atoms with van der Waals surface area (Å²) in [7, 11) is 2.28. The molecule has 1 fully saturated rings. The second-order valence-corrected chi connectivity index (χ2v) is 6.10. The molecule has 1 aromatic heterocycles. The van der Waals surface area contributed by atoms with Gasteiger partial charge in [-0.2, -0.15) is 5.10 Å². The SMILES string of the molecule is CC.C[NH+](C1CCC1)C1OCCCn2nc3ccccc3c21. The maximum Gasteiger partial charge on any atom is 0.236 e. The molecule has 2 atom stereocenters. The molecule has 0 bridgehead atoms. The fourth-order valence-electron chi connectivity index (χ4n) is 3.47. The Kier molecular flexibility index (Phi) is 4.79. The van der Waals surface area contributed by atoms with Crippen LogP contribution in [0.25, 0.3) is 10.9 Å². The highest BCUT2D eigenvalue weighted by molar-refractivity contribution is 5.81. The van der Waals surface area contributed by atoms with Crippen molar-refractivity contribution >= 4 is 10.9 Å². The van der Waals surface area contributed by atoms with E-state index >= 15 is 0 Å². The molecule has 1 aliphatic heterocycles. The summed E-state index contributed by atoms with van der Waals surface area (Å²) in [6, 6.07) is 9.20. The van der Waals surface area contributed by atoms with E-state index in [9.17, 15) is 0 Å². The Bertz CT molecular complexity index is 618. The van der Waals surface area contributed by atoms with Gasteiger partial charge >= 0.3 is 0 Å². The van der Waals surface area contributed by atoms with Crippen molar-refractivity contribution in [3.8, 4) is 0 Å². The molecule has 4 nitrogen and oxygen atoms in total.